The van der Waals surface area contributed by atoms with Gasteiger partial charge in [-0.2, -0.15) is 5.21 Å². The summed E-state index contributed by atoms with van der Waals surface area (Å²) < 4.78 is 15.8. The number of nitrogens with two attached hydrogens (primary N) is 1. The van der Waals surface area contributed by atoms with Crippen molar-refractivity contribution in [3.05, 3.63) is 83.2 Å². The highest BCUT2D eigenvalue weighted by Gasteiger charge is 2.30. The van der Waals surface area contributed by atoms with E-state index in [0.717, 1.165) is 49.9 Å². The highest BCUT2D eigenvalue weighted by Crippen LogP contribution is 2.30. The Morgan fingerprint density at radius 3 is 2.31 bits per heavy atom. The van der Waals surface area contributed by atoms with Crippen molar-refractivity contribution in [1.29, 1.82) is 0 Å². The van der Waals surface area contributed by atoms with Gasteiger partial charge in [0.05, 0.1) is 0 Å². The van der Waals surface area contributed by atoms with Crippen LogP contribution < -0.4 is 27.0 Å². The van der Waals surface area contributed by atoms with E-state index < -0.39 is 17.8 Å². The highest BCUT2D eigenvalue weighted by atomic mass is 35.5. The normalized spacial score (nSPS) is 18.3. The first-order chi connectivity index (χ1) is 24.3. The second-order valence-electron chi connectivity index (χ2n) is 13.4. The molecular weight excluding hydrogens is 673 g/mol. The van der Waals surface area contributed by atoms with Crippen LogP contribution >= 0.6 is 12.4 Å². The standard InChI is InChI=1S/C37H44FN9O3.ClH/c1-22-18-27(36(49)41-29-14-16-40-17-15-29)9-13-30(22)31-12-4-24(19-32(31)38)20-33(43-35(48)26-5-2-23(21-39)3-6-26)37(50)42-28-10-7-25(8-11-28)34-44-46-47-45-34;/h4,7-13,18-19,23,26,29,33,40H,2-3,5-6,14-17,20-21,39H2,1H3,(H,41,49)(H,42,50)(H,43,48)(H,44,45,46,47);1H/t23?,26?,33-;/m0./s1. The van der Waals surface area contributed by atoms with Gasteiger partial charge in [-0.25, -0.2) is 4.39 Å². The van der Waals surface area contributed by atoms with Crippen LogP contribution in [0.1, 0.15) is 60.0 Å². The van der Waals surface area contributed by atoms with E-state index in [1.807, 2.05) is 6.92 Å². The number of piperidine rings is 1. The summed E-state index contributed by atoms with van der Waals surface area (Å²) in [6, 6.07) is 16.3. The predicted octanol–water partition coefficient (Wildman–Crippen LogP) is 4.32. The molecule has 0 bridgehead atoms. The van der Waals surface area contributed by atoms with Crippen molar-refractivity contribution >= 4 is 35.8 Å². The maximum atomic E-state index is 15.8. The van der Waals surface area contributed by atoms with Crippen LogP contribution in [0.15, 0.2) is 60.7 Å². The Bertz CT molecular complexity index is 1790. The third kappa shape index (κ3) is 9.54. The number of amides is 3. The van der Waals surface area contributed by atoms with Crippen LogP contribution in [-0.2, 0) is 16.0 Å². The summed E-state index contributed by atoms with van der Waals surface area (Å²) in [7, 11) is 0. The van der Waals surface area contributed by atoms with Gasteiger partial charge in [-0.05, 0) is 135 Å². The van der Waals surface area contributed by atoms with Crippen molar-refractivity contribution in [2.24, 2.45) is 17.6 Å². The number of hydrogen-bond donors (Lipinski definition) is 6. The summed E-state index contributed by atoms with van der Waals surface area (Å²) >= 11 is 0. The largest absolute Gasteiger partial charge is 0.349 e. The lowest BCUT2D eigenvalue weighted by Gasteiger charge is -2.28. The number of nitrogens with one attached hydrogen (secondary N) is 5. The minimum Gasteiger partial charge on any atom is -0.349 e. The maximum absolute atomic E-state index is 15.8. The lowest BCUT2D eigenvalue weighted by Crippen LogP contribution is -2.48. The third-order valence-corrected chi connectivity index (χ3v) is 9.87. The van der Waals surface area contributed by atoms with Crippen LogP contribution in [0.5, 0.6) is 0 Å². The molecule has 1 saturated carbocycles. The molecule has 14 heteroatoms. The average Bonchev–Trinajstić information content (AvgIpc) is 3.68. The predicted molar refractivity (Wildman–Crippen MR) is 196 cm³/mol. The maximum Gasteiger partial charge on any atom is 0.251 e. The molecular formula is C37H45ClFN9O3. The Hall–Kier alpha value is -4.72. The highest BCUT2D eigenvalue weighted by molar-refractivity contribution is 5.98. The molecule has 12 nitrogen and oxygen atoms in total. The van der Waals surface area contributed by atoms with Gasteiger partial charge < -0.3 is 27.0 Å². The van der Waals surface area contributed by atoms with Gasteiger partial charge >= 0.3 is 0 Å². The van der Waals surface area contributed by atoms with Crippen molar-refractivity contribution in [1.82, 2.24) is 36.6 Å². The number of aryl methyl sites for hydroxylation is 1. The number of benzene rings is 3. The van der Waals surface area contributed by atoms with Gasteiger partial charge in [0.2, 0.25) is 17.6 Å². The molecule has 1 aliphatic carbocycles. The number of carbonyl (C=O) groups excluding carboxylic acids is 3. The van der Waals surface area contributed by atoms with Gasteiger partial charge in [0.1, 0.15) is 11.9 Å². The second kappa shape index (κ2) is 17.5. The topological polar surface area (TPSA) is 180 Å². The lowest BCUT2D eigenvalue weighted by atomic mass is 9.81. The molecule has 1 aromatic heterocycles. The molecule has 270 valence electrons. The third-order valence-electron chi connectivity index (χ3n) is 9.87. The minimum atomic E-state index is -0.948. The molecule has 6 rings (SSSR count). The molecule has 3 aromatic carbocycles. The second-order valence-corrected chi connectivity index (χ2v) is 13.4. The molecule has 2 fully saturated rings. The first kappa shape index (κ1) is 37.5. The Morgan fingerprint density at radius 1 is 0.941 bits per heavy atom. The molecule has 0 unspecified atom stereocenters. The minimum absolute atomic E-state index is 0. The molecule has 1 aliphatic heterocycles. The average molecular weight is 718 g/mol. The van der Waals surface area contributed by atoms with Crippen molar-refractivity contribution < 1.29 is 18.8 Å². The van der Waals surface area contributed by atoms with Crippen molar-refractivity contribution in [3.63, 3.8) is 0 Å². The molecule has 51 heavy (non-hydrogen) atoms. The Labute approximate surface area is 302 Å². The van der Waals surface area contributed by atoms with E-state index in [1.54, 1.807) is 54.6 Å². The molecule has 0 radical (unpaired) electrons. The molecule has 3 amide bonds. The van der Waals surface area contributed by atoms with E-state index in [2.05, 4.69) is 41.9 Å². The number of hydrogen-bond acceptors (Lipinski definition) is 8. The number of aromatic nitrogens is 4. The van der Waals surface area contributed by atoms with Crippen LogP contribution in [0.4, 0.5) is 10.1 Å². The first-order valence-electron chi connectivity index (χ1n) is 17.3. The molecule has 7 N–H and O–H groups in total. The zero-order valence-electron chi connectivity index (χ0n) is 28.6. The van der Waals surface area contributed by atoms with E-state index >= 15 is 4.39 Å². The van der Waals surface area contributed by atoms with Gasteiger partial charge in [0.15, 0.2) is 0 Å². The Balaban J connectivity index is 0.00000504. The van der Waals surface area contributed by atoms with Crippen LogP contribution in [0.3, 0.4) is 0 Å². The zero-order valence-corrected chi connectivity index (χ0v) is 29.4. The van der Waals surface area contributed by atoms with Crippen molar-refractivity contribution in [2.75, 3.05) is 25.0 Å². The SMILES string of the molecule is Cc1cc(C(=O)NC2CCNCC2)ccc1-c1ccc(C[C@H](NC(=O)C2CCC(CN)CC2)C(=O)Nc2ccc(-c3nn[nH]n3)cc2)cc1F.Cl. The number of halogens is 2. The fourth-order valence-electron chi connectivity index (χ4n) is 6.86. The summed E-state index contributed by atoms with van der Waals surface area (Å²) in [6.07, 6.45) is 5.02. The Kier molecular flexibility index (Phi) is 12.9. The van der Waals surface area contributed by atoms with Gasteiger partial charge in [0.25, 0.3) is 5.91 Å². The summed E-state index contributed by atoms with van der Waals surface area (Å²) in [5.41, 5.74) is 10.0. The molecule has 0 spiro atoms. The van der Waals surface area contributed by atoms with Gasteiger partial charge in [-0.3, -0.25) is 14.4 Å². The van der Waals surface area contributed by atoms with Crippen LogP contribution in [0.25, 0.3) is 22.5 Å². The van der Waals surface area contributed by atoms with Crippen LogP contribution in [-0.4, -0.2) is 70.1 Å². The first-order valence-corrected chi connectivity index (χ1v) is 17.3. The quantitative estimate of drug-likeness (QED) is 0.133. The fourth-order valence-corrected chi connectivity index (χ4v) is 6.86. The monoisotopic (exact) mass is 717 g/mol. The van der Waals surface area contributed by atoms with E-state index in [4.69, 9.17) is 5.73 Å². The van der Waals surface area contributed by atoms with Crippen molar-refractivity contribution in [3.8, 4) is 22.5 Å². The lowest BCUT2D eigenvalue weighted by molar-refractivity contribution is -0.130. The molecule has 4 aromatic rings. The smallest absolute Gasteiger partial charge is 0.251 e. The van der Waals surface area contributed by atoms with Gasteiger partial charge in [-0.1, -0.05) is 18.2 Å². The number of nitrogens with zero attached hydrogens (tertiary/aromatic N) is 3. The fraction of sp³-hybridized carbons (Fsp3) is 0.405. The van der Waals surface area contributed by atoms with E-state index in [0.29, 0.717) is 59.1 Å². The van der Waals surface area contributed by atoms with Crippen LogP contribution in [0.2, 0.25) is 0 Å². The number of carbonyl (C=O) groups is 3. The van der Waals surface area contributed by atoms with Crippen LogP contribution in [0, 0.1) is 24.6 Å². The van der Waals surface area contributed by atoms with Gasteiger partial charge in [-0.15, -0.1) is 22.6 Å². The molecule has 1 atom stereocenters. The number of aromatic amines is 1. The summed E-state index contributed by atoms with van der Waals surface area (Å²) in [5.74, 6) is -0.582. The zero-order chi connectivity index (χ0) is 35.0. The van der Waals surface area contributed by atoms with E-state index in [-0.39, 0.29) is 42.6 Å². The number of rotatable bonds is 11. The summed E-state index contributed by atoms with van der Waals surface area (Å²) in [5, 5.41) is 26.2. The Morgan fingerprint density at radius 2 is 1.67 bits per heavy atom. The number of anilines is 1. The molecule has 2 aliphatic rings. The summed E-state index contributed by atoms with van der Waals surface area (Å²) in [4.78, 5) is 40.0. The number of tetrazole rings is 1. The van der Waals surface area contributed by atoms with Gasteiger partial charge in [0, 0.05) is 40.8 Å². The van der Waals surface area contributed by atoms with E-state index in [1.165, 1.54) is 6.07 Å². The van der Waals surface area contributed by atoms with Crippen molar-refractivity contribution in [2.45, 2.75) is 64.0 Å². The summed E-state index contributed by atoms with van der Waals surface area (Å²) in [6.45, 7) is 4.21. The number of H-pyrrole nitrogens is 1. The molecule has 1 saturated heterocycles. The van der Waals surface area contributed by atoms with E-state index in [9.17, 15) is 14.4 Å². The molecule has 2 heterocycles.